The van der Waals surface area contributed by atoms with Gasteiger partial charge >= 0.3 is 0 Å². The van der Waals surface area contributed by atoms with E-state index in [1.54, 1.807) is 6.08 Å². The third-order valence-electron chi connectivity index (χ3n) is 4.30. The summed E-state index contributed by atoms with van der Waals surface area (Å²) >= 11 is 0. The lowest BCUT2D eigenvalue weighted by atomic mass is 10.1. The Labute approximate surface area is 143 Å². The molecule has 0 aliphatic carbocycles. The van der Waals surface area contributed by atoms with E-state index in [0.717, 1.165) is 38.3 Å². The number of hydrogen-bond acceptors (Lipinski definition) is 3. The summed E-state index contributed by atoms with van der Waals surface area (Å²) in [5.41, 5.74) is 3.54. The Morgan fingerprint density at radius 1 is 1.12 bits per heavy atom. The second-order valence-electron chi connectivity index (χ2n) is 6.20. The number of aromatic nitrogens is 1. The Morgan fingerprint density at radius 2 is 1.88 bits per heavy atom. The highest BCUT2D eigenvalue weighted by molar-refractivity contribution is 5.91. The summed E-state index contributed by atoms with van der Waals surface area (Å²) in [7, 11) is 0. The molecule has 0 radical (unpaired) electrons. The Bertz CT molecular complexity index is 704. The predicted molar refractivity (Wildman–Crippen MR) is 96.3 cm³/mol. The zero-order chi connectivity index (χ0) is 16.8. The molecule has 0 bridgehead atoms. The number of benzene rings is 1. The van der Waals surface area contributed by atoms with Crippen LogP contribution >= 0.6 is 0 Å². The van der Waals surface area contributed by atoms with Gasteiger partial charge in [-0.25, -0.2) is 0 Å². The van der Waals surface area contributed by atoms with Crippen LogP contribution < -0.4 is 0 Å². The summed E-state index contributed by atoms with van der Waals surface area (Å²) in [5, 5.41) is 0. The molecule has 0 saturated carbocycles. The van der Waals surface area contributed by atoms with Gasteiger partial charge in [0, 0.05) is 51.2 Å². The fourth-order valence-corrected chi connectivity index (χ4v) is 2.92. The fraction of sp³-hybridized carbons (Fsp3) is 0.300. The number of aryl methyl sites for hydroxylation is 1. The number of rotatable bonds is 4. The Morgan fingerprint density at radius 3 is 2.58 bits per heavy atom. The van der Waals surface area contributed by atoms with E-state index in [9.17, 15) is 4.79 Å². The molecule has 3 rings (SSSR count). The highest BCUT2D eigenvalue weighted by Gasteiger charge is 2.19. The van der Waals surface area contributed by atoms with Crippen molar-refractivity contribution in [3.05, 3.63) is 71.6 Å². The number of carbonyl (C=O) groups excluding carboxylic acids is 1. The molecule has 0 atom stereocenters. The summed E-state index contributed by atoms with van der Waals surface area (Å²) in [6, 6.07) is 12.3. The molecule has 1 amide bonds. The van der Waals surface area contributed by atoms with Crippen LogP contribution in [0, 0.1) is 6.92 Å². The van der Waals surface area contributed by atoms with Gasteiger partial charge in [-0.05, 0) is 36.3 Å². The van der Waals surface area contributed by atoms with Gasteiger partial charge in [-0.1, -0.05) is 29.8 Å². The van der Waals surface area contributed by atoms with Gasteiger partial charge in [-0.15, -0.1) is 0 Å². The van der Waals surface area contributed by atoms with Crippen molar-refractivity contribution in [2.24, 2.45) is 0 Å². The smallest absolute Gasteiger partial charge is 0.246 e. The largest absolute Gasteiger partial charge is 0.337 e. The highest BCUT2D eigenvalue weighted by Crippen LogP contribution is 2.10. The van der Waals surface area contributed by atoms with Gasteiger partial charge in [0.15, 0.2) is 0 Å². The van der Waals surface area contributed by atoms with E-state index >= 15 is 0 Å². The maximum atomic E-state index is 12.3. The minimum Gasteiger partial charge on any atom is -0.337 e. The van der Waals surface area contributed by atoms with Gasteiger partial charge < -0.3 is 4.90 Å². The maximum absolute atomic E-state index is 12.3. The minimum absolute atomic E-state index is 0.0973. The summed E-state index contributed by atoms with van der Waals surface area (Å²) < 4.78 is 0. The Hall–Kier alpha value is -2.46. The second kappa shape index (κ2) is 7.88. The molecule has 0 N–H and O–H groups in total. The van der Waals surface area contributed by atoms with Crippen molar-refractivity contribution in [2.75, 3.05) is 26.2 Å². The van der Waals surface area contributed by atoms with E-state index < -0.39 is 0 Å². The van der Waals surface area contributed by atoms with Crippen LogP contribution in [-0.4, -0.2) is 46.9 Å². The monoisotopic (exact) mass is 321 g/mol. The zero-order valence-corrected chi connectivity index (χ0v) is 14.1. The molecule has 24 heavy (non-hydrogen) atoms. The molecule has 1 fully saturated rings. The number of hydrogen-bond donors (Lipinski definition) is 0. The van der Waals surface area contributed by atoms with Crippen LogP contribution in [0.25, 0.3) is 6.08 Å². The third-order valence-corrected chi connectivity index (χ3v) is 4.30. The molecule has 2 aromatic rings. The number of carbonyl (C=O) groups is 1. The lowest BCUT2D eigenvalue weighted by molar-refractivity contribution is -0.127. The molecule has 1 aliphatic rings. The van der Waals surface area contributed by atoms with E-state index in [-0.39, 0.29) is 5.91 Å². The number of pyridine rings is 1. The van der Waals surface area contributed by atoms with E-state index in [1.807, 2.05) is 47.6 Å². The van der Waals surface area contributed by atoms with Gasteiger partial charge in [0.1, 0.15) is 0 Å². The van der Waals surface area contributed by atoms with Crippen LogP contribution in [0.1, 0.15) is 16.7 Å². The van der Waals surface area contributed by atoms with Crippen LogP contribution in [0.3, 0.4) is 0 Å². The molecule has 1 aromatic carbocycles. The number of amides is 1. The van der Waals surface area contributed by atoms with E-state index in [1.165, 1.54) is 11.1 Å². The fourth-order valence-electron chi connectivity index (χ4n) is 2.92. The first-order valence-corrected chi connectivity index (χ1v) is 8.35. The molecular formula is C20H23N3O. The van der Waals surface area contributed by atoms with Crippen LogP contribution in [0.15, 0.2) is 54.9 Å². The molecule has 1 saturated heterocycles. The first-order chi connectivity index (χ1) is 11.7. The molecule has 4 heteroatoms. The van der Waals surface area contributed by atoms with Crippen molar-refractivity contribution < 1.29 is 4.79 Å². The van der Waals surface area contributed by atoms with Crippen molar-refractivity contribution in [2.45, 2.75) is 13.5 Å². The van der Waals surface area contributed by atoms with E-state index in [4.69, 9.17) is 0 Å². The lowest BCUT2D eigenvalue weighted by Crippen LogP contribution is -2.47. The van der Waals surface area contributed by atoms with Gasteiger partial charge in [-0.3, -0.25) is 14.7 Å². The molecule has 1 aromatic heterocycles. The van der Waals surface area contributed by atoms with Crippen molar-refractivity contribution in [3.8, 4) is 0 Å². The minimum atomic E-state index is 0.0973. The summed E-state index contributed by atoms with van der Waals surface area (Å²) in [6.45, 7) is 6.35. The molecule has 0 spiro atoms. The predicted octanol–water partition coefficient (Wildman–Crippen LogP) is 2.75. The quantitative estimate of drug-likeness (QED) is 0.813. The average Bonchev–Trinajstić information content (AvgIpc) is 2.61. The number of piperazine rings is 1. The normalized spacial score (nSPS) is 15.8. The first-order valence-electron chi connectivity index (χ1n) is 8.35. The van der Waals surface area contributed by atoms with E-state index in [2.05, 4.69) is 28.9 Å². The molecule has 4 nitrogen and oxygen atoms in total. The Balaban J connectivity index is 1.50. The van der Waals surface area contributed by atoms with Crippen LogP contribution in [0.4, 0.5) is 0 Å². The van der Waals surface area contributed by atoms with Crippen LogP contribution in [0.5, 0.6) is 0 Å². The van der Waals surface area contributed by atoms with Crippen molar-refractivity contribution in [1.29, 1.82) is 0 Å². The summed E-state index contributed by atoms with van der Waals surface area (Å²) in [5.74, 6) is 0.0973. The van der Waals surface area contributed by atoms with Gasteiger partial charge in [0.05, 0.1) is 0 Å². The molecular weight excluding hydrogens is 298 g/mol. The molecule has 124 valence electrons. The number of nitrogens with zero attached hydrogens (tertiary/aromatic N) is 3. The van der Waals surface area contributed by atoms with E-state index in [0.29, 0.717) is 0 Å². The van der Waals surface area contributed by atoms with Crippen molar-refractivity contribution in [1.82, 2.24) is 14.8 Å². The maximum Gasteiger partial charge on any atom is 0.246 e. The average molecular weight is 321 g/mol. The van der Waals surface area contributed by atoms with Gasteiger partial charge in [0.25, 0.3) is 0 Å². The van der Waals surface area contributed by atoms with Crippen molar-refractivity contribution >= 4 is 12.0 Å². The third kappa shape index (κ3) is 4.52. The topological polar surface area (TPSA) is 36.4 Å². The standard InChI is InChI=1S/C20H23N3O/c1-17-3-2-4-18(15-17)5-6-20(24)23-13-11-22(12-14-23)16-19-7-9-21-10-8-19/h2-10,15H,11-14,16H2,1H3/b6-5-. The molecule has 0 unspecified atom stereocenters. The summed E-state index contributed by atoms with van der Waals surface area (Å²) in [4.78, 5) is 20.7. The second-order valence-corrected chi connectivity index (χ2v) is 6.20. The zero-order valence-electron chi connectivity index (χ0n) is 14.1. The van der Waals surface area contributed by atoms with Gasteiger partial charge in [0.2, 0.25) is 5.91 Å². The highest BCUT2D eigenvalue weighted by atomic mass is 16.2. The van der Waals surface area contributed by atoms with Crippen molar-refractivity contribution in [3.63, 3.8) is 0 Å². The molecule has 2 heterocycles. The molecule has 1 aliphatic heterocycles. The Kier molecular flexibility index (Phi) is 5.39. The summed E-state index contributed by atoms with van der Waals surface area (Å²) in [6.07, 6.45) is 7.24. The SMILES string of the molecule is Cc1cccc(/C=C\C(=O)N2CCN(Cc3ccncc3)CC2)c1. The van der Waals surface area contributed by atoms with Crippen LogP contribution in [-0.2, 0) is 11.3 Å². The first kappa shape index (κ1) is 16.4. The van der Waals surface area contributed by atoms with Crippen LogP contribution in [0.2, 0.25) is 0 Å². The lowest BCUT2D eigenvalue weighted by Gasteiger charge is -2.34. The van der Waals surface area contributed by atoms with Gasteiger partial charge in [-0.2, -0.15) is 0 Å².